The number of ketones is 1. The first-order valence-corrected chi connectivity index (χ1v) is 15.0. The summed E-state index contributed by atoms with van der Waals surface area (Å²) in [7, 11) is 2.09. The van der Waals surface area contributed by atoms with E-state index in [4.69, 9.17) is 4.74 Å². The molecule has 2 aliphatic rings. The normalized spacial score (nSPS) is 18.7. The summed E-state index contributed by atoms with van der Waals surface area (Å²) in [5.41, 5.74) is -1.19. The van der Waals surface area contributed by atoms with Crippen LogP contribution in [-0.2, 0) is 9.59 Å². The number of nitrogens with one attached hydrogen (secondary N) is 2. The van der Waals surface area contributed by atoms with Crippen LogP contribution in [0.4, 0.5) is 10.7 Å². The van der Waals surface area contributed by atoms with Crippen LogP contribution in [0.25, 0.3) is 0 Å². The zero-order chi connectivity index (χ0) is 30.2. The lowest BCUT2D eigenvalue weighted by Gasteiger charge is -2.47. The van der Waals surface area contributed by atoms with Crippen molar-refractivity contribution in [2.75, 3.05) is 44.7 Å². The highest BCUT2D eigenvalue weighted by Crippen LogP contribution is 2.48. The molecule has 1 aliphatic heterocycles. The van der Waals surface area contributed by atoms with Crippen LogP contribution in [0.1, 0.15) is 70.4 Å². The quantitative estimate of drug-likeness (QED) is 0.285. The van der Waals surface area contributed by atoms with Crippen LogP contribution in [0.15, 0.2) is 42.6 Å². The third-order valence-electron chi connectivity index (χ3n) is 8.61. The fourth-order valence-corrected chi connectivity index (χ4v) is 5.92. The molecule has 0 radical (unpaired) electrons. The van der Waals surface area contributed by atoms with Crippen LogP contribution in [-0.4, -0.2) is 83.1 Å². The third kappa shape index (κ3) is 7.76. The minimum atomic E-state index is -1.57. The highest BCUT2D eigenvalue weighted by Gasteiger charge is 2.51. The summed E-state index contributed by atoms with van der Waals surface area (Å²) in [4.78, 5) is 52.8. The lowest BCUT2D eigenvalue weighted by atomic mass is 9.61. The first-order valence-electron chi connectivity index (χ1n) is 15.0. The van der Waals surface area contributed by atoms with Crippen LogP contribution in [0.2, 0.25) is 0 Å². The van der Waals surface area contributed by atoms with E-state index in [0.717, 1.165) is 57.4 Å². The molecule has 0 bridgehead atoms. The molecule has 1 aliphatic carbocycles. The van der Waals surface area contributed by atoms with Gasteiger partial charge in [0.15, 0.2) is 0 Å². The van der Waals surface area contributed by atoms with Gasteiger partial charge in [-0.15, -0.1) is 0 Å². The number of unbranched alkanes of at least 4 members (excludes halogenated alkanes) is 1. The lowest BCUT2D eigenvalue weighted by Crippen LogP contribution is -2.62. The van der Waals surface area contributed by atoms with Crippen molar-refractivity contribution < 1.29 is 24.2 Å². The molecule has 1 aromatic heterocycles. The number of rotatable bonds is 14. The van der Waals surface area contributed by atoms with Gasteiger partial charge in [0.1, 0.15) is 5.54 Å². The van der Waals surface area contributed by atoms with E-state index < -0.39 is 34.8 Å². The van der Waals surface area contributed by atoms with Gasteiger partial charge in [-0.1, -0.05) is 56.5 Å². The summed E-state index contributed by atoms with van der Waals surface area (Å²) < 4.78 is 6.21. The number of amides is 2. The number of ether oxygens (including phenoxy) is 1. The fraction of sp³-hybridized carbons (Fsp3) is 0.581. The maximum atomic E-state index is 13.9. The summed E-state index contributed by atoms with van der Waals surface area (Å²) in [5, 5.41) is 15.2. The molecule has 11 heteroatoms. The van der Waals surface area contributed by atoms with Gasteiger partial charge < -0.3 is 30.3 Å². The Hall–Kier alpha value is -3.73. The van der Waals surface area contributed by atoms with Gasteiger partial charge in [0.25, 0.3) is 5.91 Å². The van der Waals surface area contributed by atoms with Crippen LogP contribution in [0, 0.1) is 5.41 Å². The molecule has 2 atom stereocenters. The average molecular weight is 581 g/mol. The number of likely N-dealkylation sites (N-methyl/N-ethyl adjacent to an activating group) is 1. The Bertz CT molecular complexity index is 1220. The number of carboxylic acid groups (broad SMARTS) is 1. The van der Waals surface area contributed by atoms with E-state index in [1.807, 2.05) is 37.3 Å². The van der Waals surface area contributed by atoms with Gasteiger partial charge in [0.2, 0.25) is 17.6 Å². The molecule has 228 valence electrons. The standard InChI is InChI=1S/C31H44N6O5/c1-4-5-15-31(35-29(40)41,26(38)27(39)33-23(2)24-10-7-6-8-11-24)21-30(13-9-14-30)22-42-25-12-16-32-28(34-25)37-19-17-36(3)18-20-37/h6-8,10-12,16,23,35H,4-5,9,13-15,17-22H2,1-3H3,(H,33,39)(H,40,41)/t23-,31?/m1/s1. The van der Waals surface area contributed by atoms with E-state index in [2.05, 4.69) is 37.4 Å². The van der Waals surface area contributed by atoms with Crippen LogP contribution in [0.5, 0.6) is 5.88 Å². The van der Waals surface area contributed by atoms with Crippen LogP contribution >= 0.6 is 0 Å². The van der Waals surface area contributed by atoms with Crippen molar-refractivity contribution in [3.05, 3.63) is 48.2 Å². The Balaban J connectivity index is 1.51. The van der Waals surface area contributed by atoms with E-state index in [-0.39, 0.29) is 19.4 Å². The SMILES string of the molecule is CCCCC(CC1(COc2ccnc(N3CCN(C)CC3)n2)CCC1)(NC(=O)O)C(=O)C(=O)N[C@H](C)c1ccccc1. The van der Waals surface area contributed by atoms with E-state index in [9.17, 15) is 19.5 Å². The molecule has 1 aromatic carbocycles. The van der Waals surface area contributed by atoms with Crippen molar-refractivity contribution in [1.29, 1.82) is 0 Å². The monoisotopic (exact) mass is 580 g/mol. The molecule has 2 heterocycles. The Morgan fingerprint density at radius 3 is 2.45 bits per heavy atom. The predicted molar refractivity (Wildman–Crippen MR) is 160 cm³/mol. The van der Waals surface area contributed by atoms with Crippen molar-refractivity contribution >= 4 is 23.7 Å². The molecule has 42 heavy (non-hydrogen) atoms. The highest BCUT2D eigenvalue weighted by atomic mass is 16.5. The highest BCUT2D eigenvalue weighted by molar-refractivity contribution is 6.40. The third-order valence-corrected chi connectivity index (χ3v) is 8.61. The number of anilines is 1. The number of benzene rings is 1. The van der Waals surface area contributed by atoms with E-state index in [1.165, 1.54) is 0 Å². The minimum absolute atomic E-state index is 0.175. The molecule has 0 spiro atoms. The minimum Gasteiger partial charge on any atom is -0.477 e. The summed E-state index contributed by atoms with van der Waals surface area (Å²) >= 11 is 0. The number of carbonyl (C=O) groups is 3. The molecule has 1 saturated carbocycles. The van der Waals surface area contributed by atoms with E-state index >= 15 is 0 Å². The number of hydrogen-bond donors (Lipinski definition) is 3. The maximum absolute atomic E-state index is 13.9. The van der Waals surface area contributed by atoms with Crippen molar-refractivity contribution in [2.24, 2.45) is 5.41 Å². The topological polar surface area (TPSA) is 137 Å². The Kier molecular flexibility index (Phi) is 10.4. The smallest absolute Gasteiger partial charge is 0.405 e. The largest absolute Gasteiger partial charge is 0.477 e. The predicted octanol–water partition coefficient (Wildman–Crippen LogP) is 3.81. The average Bonchev–Trinajstić information content (AvgIpc) is 2.97. The number of nitrogens with zero attached hydrogens (tertiary/aromatic N) is 4. The number of carbonyl (C=O) groups excluding carboxylic acids is 2. The molecule has 4 rings (SSSR count). The van der Waals surface area contributed by atoms with Crippen molar-refractivity contribution in [2.45, 2.75) is 70.4 Å². The molecule has 2 aromatic rings. The van der Waals surface area contributed by atoms with Gasteiger partial charge in [0, 0.05) is 43.9 Å². The van der Waals surface area contributed by atoms with Crippen molar-refractivity contribution in [1.82, 2.24) is 25.5 Å². The fourth-order valence-electron chi connectivity index (χ4n) is 5.92. The molecule has 1 unspecified atom stereocenters. The van der Waals surface area contributed by atoms with Crippen molar-refractivity contribution in [3.63, 3.8) is 0 Å². The van der Waals surface area contributed by atoms with Crippen molar-refractivity contribution in [3.8, 4) is 5.88 Å². The van der Waals surface area contributed by atoms with Gasteiger partial charge in [-0.2, -0.15) is 4.98 Å². The van der Waals surface area contributed by atoms with E-state index in [1.54, 1.807) is 19.2 Å². The van der Waals surface area contributed by atoms with Gasteiger partial charge in [-0.05, 0) is 45.2 Å². The van der Waals surface area contributed by atoms with E-state index in [0.29, 0.717) is 18.2 Å². The zero-order valence-corrected chi connectivity index (χ0v) is 25.0. The molecule has 2 amide bonds. The second kappa shape index (κ2) is 14.0. The molecular formula is C31H44N6O5. The summed E-state index contributed by atoms with van der Waals surface area (Å²) in [6.07, 6.45) is 4.54. The maximum Gasteiger partial charge on any atom is 0.405 e. The molecular weight excluding hydrogens is 536 g/mol. The van der Waals surface area contributed by atoms with Gasteiger partial charge in [0.05, 0.1) is 12.6 Å². The van der Waals surface area contributed by atoms with Crippen LogP contribution in [0.3, 0.4) is 0 Å². The lowest BCUT2D eigenvalue weighted by molar-refractivity contribution is -0.144. The van der Waals surface area contributed by atoms with Gasteiger partial charge >= 0.3 is 6.09 Å². The number of piperazine rings is 1. The molecule has 2 fully saturated rings. The molecule has 11 nitrogen and oxygen atoms in total. The summed E-state index contributed by atoms with van der Waals surface area (Å²) in [6.45, 7) is 7.56. The molecule has 1 saturated heterocycles. The van der Waals surface area contributed by atoms with Gasteiger partial charge in [-0.3, -0.25) is 9.59 Å². The Morgan fingerprint density at radius 1 is 1.12 bits per heavy atom. The summed E-state index contributed by atoms with van der Waals surface area (Å²) in [5.74, 6) is -0.491. The first kappa shape index (κ1) is 31.2. The number of aromatic nitrogens is 2. The first-order chi connectivity index (χ1) is 20.2. The number of Topliss-reactive ketones (excluding diaryl/α,β-unsaturated/α-hetero) is 1. The van der Waals surface area contributed by atoms with Crippen LogP contribution < -0.4 is 20.3 Å². The number of hydrogen-bond acceptors (Lipinski definition) is 8. The zero-order valence-electron chi connectivity index (χ0n) is 25.0. The Labute approximate surface area is 248 Å². The van der Waals surface area contributed by atoms with Gasteiger partial charge in [-0.25, -0.2) is 9.78 Å². The molecule has 3 N–H and O–H groups in total. The second-order valence-electron chi connectivity index (χ2n) is 11.9. The Morgan fingerprint density at radius 2 is 1.83 bits per heavy atom. The second-order valence-corrected chi connectivity index (χ2v) is 11.9. The summed E-state index contributed by atoms with van der Waals surface area (Å²) in [6, 6.07) is 10.7.